The molecule has 0 unspecified atom stereocenters. The second-order valence-electron chi connectivity index (χ2n) is 5.79. The first kappa shape index (κ1) is 17.5. The van der Waals surface area contributed by atoms with Gasteiger partial charge in [-0.3, -0.25) is 0 Å². The Morgan fingerprint density at radius 1 is 0.647 bits per heavy atom. The zero-order valence-corrected chi connectivity index (χ0v) is 15.5. The minimum absolute atomic E-state index is 0.557. The minimum Gasteiger partial charge on any atom is -0.395 e. The van der Waals surface area contributed by atoms with Gasteiger partial charge in [0, 0.05) is 13.2 Å². The minimum atomic E-state index is -2.94. The van der Waals surface area contributed by atoms with Crippen molar-refractivity contribution in [1.29, 1.82) is 0 Å². The first-order chi connectivity index (χ1) is 7.54. The van der Waals surface area contributed by atoms with Gasteiger partial charge in [0.2, 0.25) is 0 Å². The Hall–Kier alpha value is 0.491. The highest BCUT2D eigenvalue weighted by molar-refractivity contribution is 6.83. The summed E-state index contributed by atoms with van der Waals surface area (Å²) >= 11 is 0. The summed E-state index contributed by atoms with van der Waals surface area (Å²) in [5.74, 6) is 0. The quantitative estimate of drug-likeness (QED) is 0.645. The third kappa shape index (κ3) is 8.25. The molecule has 0 aromatic rings. The zero-order valence-electron chi connectivity index (χ0n) is 12.5. The van der Waals surface area contributed by atoms with Crippen LogP contribution in [0.3, 0.4) is 0 Å². The van der Waals surface area contributed by atoms with Gasteiger partial charge >= 0.3 is 9.05 Å². The SMILES string of the molecule is CCO[Si](OCC)(O[Si](C)(C)C)O[Si](C)(C)C. The zero-order chi connectivity index (χ0) is 13.7. The van der Waals surface area contributed by atoms with Gasteiger partial charge in [0.05, 0.1) is 0 Å². The summed E-state index contributed by atoms with van der Waals surface area (Å²) in [7, 11) is -6.46. The van der Waals surface area contributed by atoms with E-state index >= 15 is 0 Å². The smallest absolute Gasteiger partial charge is 0.395 e. The molecule has 0 saturated heterocycles. The van der Waals surface area contributed by atoms with Crippen LogP contribution in [0.25, 0.3) is 0 Å². The number of rotatable bonds is 8. The van der Waals surface area contributed by atoms with Gasteiger partial charge in [-0.2, -0.15) is 0 Å². The molecule has 0 radical (unpaired) electrons. The standard InChI is InChI=1S/C10H28O4Si3/c1-9-11-17(12-10-2,13-15(3,4)5)14-16(6,7)8/h9-10H2,1-8H3. The van der Waals surface area contributed by atoms with Crippen LogP contribution in [0.1, 0.15) is 13.8 Å². The fourth-order valence-corrected chi connectivity index (χ4v) is 9.56. The number of hydrogen-bond acceptors (Lipinski definition) is 4. The lowest BCUT2D eigenvalue weighted by atomic mass is 10.9. The van der Waals surface area contributed by atoms with Crippen LogP contribution in [0, 0.1) is 0 Å². The van der Waals surface area contributed by atoms with E-state index in [4.69, 9.17) is 17.1 Å². The maximum Gasteiger partial charge on any atom is 0.658 e. The molecule has 0 aliphatic heterocycles. The van der Waals surface area contributed by atoms with E-state index in [1.165, 1.54) is 0 Å². The summed E-state index contributed by atoms with van der Waals surface area (Å²) in [4.78, 5) is 0. The molecule has 0 atom stereocenters. The fourth-order valence-electron chi connectivity index (χ4n) is 1.28. The third-order valence-electron chi connectivity index (χ3n) is 1.50. The van der Waals surface area contributed by atoms with Crippen molar-refractivity contribution in [3.8, 4) is 0 Å². The maximum absolute atomic E-state index is 6.13. The van der Waals surface area contributed by atoms with Gasteiger partial charge in [-0.05, 0) is 53.1 Å². The Morgan fingerprint density at radius 2 is 0.941 bits per heavy atom. The van der Waals surface area contributed by atoms with E-state index in [9.17, 15) is 0 Å². The van der Waals surface area contributed by atoms with Crippen molar-refractivity contribution in [3.63, 3.8) is 0 Å². The highest BCUT2D eigenvalue weighted by atomic mass is 28.5. The Labute approximate surface area is 109 Å². The molecular weight excluding hydrogens is 268 g/mol. The summed E-state index contributed by atoms with van der Waals surface area (Å²) in [5.41, 5.74) is 0. The van der Waals surface area contributed by atoms with Crippen LogP contribution < -0.4 is 0 Å². The van der Waals surface area contributed by atoms with E-state index in [0.717, 1.165) is 0 Å². The van der Waals surface area contributed by atoms with Crippen molar-refractivity contribution in [2.45, 2.75) is 53.1 Å². The number of hydrogen-bond donors (Lipinski definition) is 0. The van der Waals surface area contributed by atoms with Crippen molar-refractivity contribution < 1.29 is 17.1 Å². The van der Waals surface area contributed by atoms with E-state index in [-0.39, 0.29) is 0 Å². The summed E-state index contributed by atoms with van der Waals surface area (Å²) in [6, 6.07) is 0. The molecule has 0 spiro atoms. The molecule has 0 N–H and O–H groups in total. The highest BCUT2D eigenvalue weighted by Gasteiger charge is 2.50. The lowest BCUT2D eigenvalue weighted by Gasteiger charge is -2.37. The molecule has 0 bridgehead atoms. The second-order valence-corrected chi connectivity index (χ2v) is 17.5. The molecule has 0 aliphatic carbocycles. The van der Waals surface area contributed by atoms with Gasteiger partial charge in [-0.25, -0.2) is 0 Å². The molecule has 0 rings (SSSR count). The van der Waals surface area contributed by atoms with E-state index in [2.05, 4.69) is 39.3 Å². The van der Waals surface area contributed by atoms with Crippen molar-refractivity contribution in [1.82, 2.24) is 0 Å². The van der Waals surface area contributed by atoms with E-state index < -0.39 is 25.7 Å². The van der Waals surface area contributed by atoms with E-state index in [0.29, 0.717) is 13.2 Å². The molecule has 0 aliphatic rings. The maximum atomic E-state index is 6.13. The Balaban J connectivity index is 4.97. The topological polar surface area (TPSA) is 36.9 Å². The van der Waals surface area contributed by atoms with Gasteiger partial charge < -0.3 is 17.1 Å². The Morgan fingerprint density at radius 3 is 1.12 bits per heavy atom. The van der Waals surface area contributed by atoms with Crippen LogP contribution in [0.2, 0.25) is 39.3 Å². The van der Waals surface area contributed by atoms with Crippen LogP contribution in [0.15, 0.2) is 0 Å². The summed E-state index contributed by atoms with van der Waals surface area (Å²) in [6.45, 7) is 17.8. The molecule has 4 nitrogen and oxygen atoms in total. The first-order valence-electron chi connectivity index (χ1n) is 6.22. The molecule has 0 aromatic heterocycles. The summed E-state index contributed by atoms with van der Waals surface area (Å²) < 4.78 is 23.8. The van der Waals surface area contributed by atoms with Gasteiger partial charge in [-0.1, -0.05) is 0 Å². The van der Waals surface area contributed by atoms with Crippen LogP contribution in [0.4, 0.5) is 0 Å². The summed E-state index contributed by atoms with van der Waals surface area (Å²) in [5, 5.41) is 0. The van der Waals surface area contributed by atoms with Crippen LogP contribution >= 0.6 is 0 Å². The van der Waals surface area contributed by atoms with Crippen molar-refractivity contribution in [2.75, 3.05) is 13.2 Å². The average molecular weight is 297 g/mol. The first-order valence-corrected chi connectivity index (χ1v) is 14.7. The molecule has 0 aromatic carbocycles. The largest absolute Gasteiger partial charge is 0.658 e. The lowest BCUT2D eigenvalue weighted by molar-refractivity contribution is 0.0445. The highest BCUT2D eigenvalue weighted by Crippen LogP contribution is 2.22. The molecule has 0 amide bonds. The predicted molar refractivity (Wildman–Crippen MR) is 77.9 cm³/mol. The van der Waals surface area contributed by atoms with Gasteiger partial charge in [-0.15, -0.1) is 0 Å². The Bertz CT molecular complexity index is 199. The second kappa shape index (κ2) is 6.60. The molecule has 7 heteroatoms. The van der Waals surface area contributed by atoms with Gasteiger partial charge in [0.1, 0.15) is 0 Å². The van der Waals surface area contributed by atoms with Gasteiger partial charge in [0.25, 0.3) is 0 Å². The molecule has 0 fully saturated rings. The van der Waals surface area contributed by atoms with E-state index in [1.807, 2.05) is 13.8 Å². The van der Waals surface area contributed by atoms with E-state index in [1.54, 1.807) is 0 Å². The molecular formula is C10H28O4Si3. The summed E-state index contributed by atoms with van der Waals surface area (Å²) in [6.07, 6.45) is 0. The normalized spacial score (nSPS) is 14.1. The molecule has 0 saturated carbocycles. The average Bonchev–Trinajstić information content (AvgIpc) is 1.96. The van der Waals surface area contributed by atoms with Gasteiger partial charge in [0.15, 0.2) is 16.6 Å². The predicted octanol–water partition coefficient (Wildman–Crippen LogP) is 3.20. The van der Waals surface area contributed by atoms with Crippen molar-refractivity contribution >= 4 is 25.7 Å². The van der Waals surface area contributed by atoms with Crippen LogP contribution in [-0.2, 0) is 17.1 Å². The van der Waals surface area contributed by atoms with Crippen molar-refractivity contribution in [3.05, 3.63) is 0 Å². The third-order valence-corrected chi connectivity index (χ3v) is 9.69. The van der Waals surface area contributed by atoms with Crippen LogP contribution in [-0.4, -0.2) is 38.9 Å². The van der Waals surface area contributed by atoms with Crippen LogP contribution in [0.5, 0.6) is 0 Å². The Kier molecular flexibility index (Phi) is 6.79. The monoisotopic (exact) mass is 296 g/mol. The molecule has 104 valence electrons. The molecule has 17 heavy (non-hydrogen) atoms. The fraction of sp³-hybridized carbons (Fsp3) is 1.00. The van der Waals surface area contributed by atoms with Crippen molar-refractivity contribution in [2.24, 2.45) is 0 Å². The molecule has 0 heterocycles. The lowest BCUT2D eigenvalue weighted by Crippen LogP contribution is -2.59.